The summed E-state index contributed by atoms with van der Waals surface area (Å²) in [5.74, 6) is 0. The first-order valence-electron chi connectivity index (χ1n) is 5.78. The van der Waals surface area contributed by atoms with Gasteiger partial charge in [0.2, 0.25) is 0 Å². The van der Waals surface area contributed by atoms with Crippen LogP contribution < -0.4 is 5.73 Å². The fourth-order valence-electron chi connectivity index (χ4n) is 2.31. The number of hydrogen-bond acceptors (Lipinski definition) is 4. The zero-order valence-electron chi connectivity index (χ0n) is 9.65. The van der Waals surface area contributed by atoms with Crippen LogP contribution in [-0.2, 0) is 9.47 Å². The summed E-state index contributed by atoms with van der Waals surface area (Å²) in [6.07, 6.45) is 1.77. The molecule has 0 aromatic carbocycles. The molecule has 2 heterocycles. The Morgan fingerprint density at radius 3 is 2.88 bits per heavy atom. The molecule has 1 aromatic rings. The molecule has 0 amide bonds. The quantitative estimate of drug-likeness (QED) is 0.880. The molecule has 1 atom stereocenters. The molecule has 1 aliphatic rings. The molecule has 90 valence electrons. The smallest absolute Gasteiger partial charge is 0.0918 e. The summed E-state index contributed by atoms with van der Waals surface area (Å²) in [5.41, 5.74) is 7.31. The molecule has 4 heteroatoms. The molecule has 0 spiro atoms. The number of hydrogen-bond donors (Lipinski definition) is 1. The summed E-state index contributed by atoms with van der Waals surface area (Å²) in [7, 11) is 0. The van der Waals surface area contributed by atoms with Crippen molar-refractivity contribution in [1.82, 2.24) is 0 Å². The Morgan fingerprint density at radius 1 is 1.56 bits per heavy atom. The van der Waals surface area contributed by atoms with E-state index in [1.807, 2.05) is 6.92 Å². The highest BCUT2D eigenvalue weighted by atomic mass is 32.1. The van der Waals surface area contributed by atoms with Gasteiger partial charge in [-0.1, -0.05) is 0 Å². The standard InChI is InChI=1S/C12H19NO2S/c1-2-15-12(4-6-14-7-5-12)11(13)10-3-8-16-9-10/h3,8-9,11H,2,4-7,13H2,1H3. The molecule has 0 radical (unpaired) electrons. The van der Waals surface area contributed by atoms with Crippen molar-refractivity contribution < 1.29 is 9.47 Å². The minimum absolute atomic E-state index is 0.0393. The van der Waals surface area contributed by atoms with Crippen molar-refractivity contribution in [3.8, 4) is 0 Å². The van der Waals surface area contributed by atoms with E-state index in [2.05, 4.69) is 16.8 Å². The van der Waals surface area contributed by atoms with Gasteiger partial charge in [-0.3, -0.25) is 0 Å². The first kappa shape index (κ1) is 12.0. The van der Waals surface area contributed by atoms with Crippen LogP contribution in [0.2, 0.25) is 0 Å². The molecule has 1 saturated heterocycles. The molecule has 1 unspecified atom stereocenters. The number of ether oxygens (including phenoxy) is 2. The van der Waals surface area contributed by atoms with Crippen molar-refractivity contribution in [2.24, 2.45) is 5.73 Å². The Bertz CT molecular complexity index is 301. The lowest BCUT2D eigenvalue weighted by atomic mass is 9.83. The minimum Gasteiger partial charge on any atom is -0.381 e. The van der Waals surface area contributed by atoms with Gasteiger partial charge >= 0.3 is 0 Å². The maximum atomic E-state index is 6.36. The van der Waals surface area contributed by atoms with Gasteiger partial charge in [-0.05, 0) is 29.3 Å². The number of nitrogens with two attached hydrogens (primary N) is 1. The molecule has 16 heavy (non-hydrogen) atoms. The van der Waals surface area contributed by atoms with Gasteiger partial charge < -0.3 is 15.2 Å². The second-order valence-corrected chi connectivity index (χ2v) is 4.92. The van der Waals surface area contributed by atoms with E-state index in [-0.39, 0.29) is 11.6 Å². The third-order valence-corrected chi connectivity index (χ3v) is 3.94. The van der Waals surface area contributed by atoms with Crippen LogP contribution in [0.15, 0.2) is 16.8 Å². The average Bonchev–Trinajstić information content (AvgIpc) is 2.83. The third kappa shape index (κ3) is 2.30. The summed E-state index contributed by atoms with van der Waals surface area (Å²) in [6, 6.07) is 2.05. The maximum absolute atomic E-state index is 6.36. The van der Waals surface area contributed by atoms with E-state index in [9.17, 15) is 0 Å². The van der Waals surface area contributed by atoms with Gasteiger partial charge in [0.05, 0.1) is 11.6 Å². The number of thiophene rings is 1. The van der Waals surface area contributed by atoms with Crippen molar-refractivity contribution in [2.75, 3.05) is 19.8 Å². The molecule has 2 rings (SSSR count). The summed E-state index contributed by atoms with van der Waals surface area (Å²) >= 11 is 1.68. The highest BCUT2D eigenvalue weighted by Crippen LogP contribution is 2.36. The van der Waals surface area contributed by atoms with Crippen molar-refractivity contribution in [1.29, 1.82) is 0 Å². The highest BCUT2D eigenvalue weighted by Gasteiger charge is 2.40. The van der Waals surface area contributed by atoms with Crippen LogP contribution in [0.3, 0.4) is 0 Å². The SMILES string of the molecule is CCOC1(C(N)c2ccsc2)CCOCC1. The van der Waals surface area contributed by atoms with Crippen LogP contribution in [0.4, 0.5) is 0 Å². The fourth-order valence-corrected chi connectivity index (χ4v) is 3.00. The van der Waals surface area contributed by atoms with Crippen molar-refractivity contribution in [3.05, 3.63) is 22.4 Å². The first-order valence-corrected chi connectivity index (χ1v) is 6.72. The Morgan fingerprint density at radius 2 is 2.31 bits per heavy atom. The van der Waals surface area contributed by atoms with Crippen LogP contribution in [-0.4, -0.2) is 25.4 Å². The summed E-state index contributed by atoms with van der Waals surface area (Å²) in [5, 5.41) is 4.18. The van der Waals surface area contributed by atoms with Gasteiger partial charge in [0.1, 0.15) is 0 Å². The Labute approximate surface area is 101 Å². The molecule has 0 saturated carbocycles. The predicted octanol–water partition coefficient (Wildman–Crippen LogP) is 2.33. The van der Waals surface area contributed by atoms with E-state index in [1.165, 1.54) is 5.56 Å². The first-order chi connectivity index (χ1) is 7.78. The van der Waals surface area contributed by atoms with Gasteiger partial charge in [0.15, 0.2) is 0 Å². The van der Waals surface area contributed by atoms with E-state index >= 15 is 0 Å². The lowest BCUT2D eigenvalue weighted by Crippen LogP contribution is -2.47. The van der Waals surface area contributed by atoms with E-state index in [4.69, 9.17) is 15.2 Å². The normalized spacial score (nSPS) is 21.9. The van der Waals surface area contributed by atoms with Gasteiger partial charge in [-0.25, -0.2) is 0 Å². The molecule has 2 N–H and O–H groups in total. The summed E-state index contributed by atoms with van der Waals surface area (Å²) < 4.78 is 11.4. The predicted molar refractivity (Wildman–Crippen MR) is 65.7 cm³/mol. The average molecular weight is 241 g/mol. The van der Waals surface area contributed by atoms with Crippen LogP contribution in [0.5, 0.6) is 0 Å². The number of rotatable bonds is 4. The third-order valence-electron chi connectivity index (χ3n) is 3.24. The summed E-state index contributed by atoms with van der Waals surface area (Å²) in [4.78, 5) is 0. The Balaban J connectivity index is 2.17. The zero-order valence-corrected chi connectivity index (χ0v) is 10.5. The maximum Gasteiger partial charge on any atom is 0.0918 e. The second-order valence-electron chi connectivity index (χ2n) is 4.14. The minimum atomic E-state index is -0.228. The fraction of sp³-hybridized carbons (Fsp3) is 0.667. The molecule has 1 aliphatic heterocycles. The van der Waals surface area contributed by atoms with E-state index in [1.54, 1.807) is 11.3 Å². The van der Waals surface area contributed by atoms with E-state index in [0.29, 0.717) is 6.61 Å². The van der Waals surface area contributed by atoms with E-state index < -0.39 is 0 Å². The molecular formula is C12H19NO2S. The van der Waals surface area contributed by atoms with Crippen molar-refractivity contribution in [3.63, 3.8) is 0 Å². The van der Waals surface area contributed by atoms with Gasteiger partial charge in [-0.2, -0.15) is 11.3 Å². The molecule has 3 nitrogen and oxygen atoms in total. The molecule has 1 fully saturated rings. The molecule has 1 aromatic heterocycles. The van der Waals surface area contributed by atoms with Gasteiger partial charge in [0, 0.05) is 32.7 Å². The van der Waals surface area contributed by atoms with Crippen molar-refractivity contribution >= 4 is 11.3 Å². The molecular weight excluding hydrogens is 222 g/mol. The van der Waals surface area contributed by atoms with Crippen LogP contribution >= 0.6 is 11.3 Å². The Kier molecular flexibility index (Phi) is 3.97. The molecule has 0 aliphatic carbocycles. The topological polar surface area (TPSA) is 44.5 Å². The molecule has 0 bridgehead atoms. The van der Waals surface area contributed by atoms with E-state index in [0.717, 1.165) is 26.1 Å². The monoisotopic (exact) mass is 241 g/mol. The van der Waals surface area contributed by atoms with Gasteiger partial charge in [-0.15, -0.1) is 0 Å². The van der Waals surface area contributed by atoms with Crippen LogP contribution in [0, 0.1) is 0 Å². The van der Waals surface area contributed by atoms with Gasteiger partial charge in [0.25, 0.3) is 0 Å². The Hall–Kier alpha value is -0.420. The van der Waals surface area contributed by atoms with Crippen molar-refractivity contribution in [2.45, 2.75) is 31.4 Å². The lowest BCUT2D eigenvalue weighted by molar-refractivity contribution is -0.121. The van der Waals surface area contributed by atoms with Crippen LogP contribution in [0.25, 0.3) is 0 Å². The van der Waals surface area contributed by atoms with Crippen LogP contribution in [0.1, 0.15) is 31.4 Å². The largest absolute Gasteiger partial charge is 0.381 e. The second kappa shape index (κ2) is 5.27. The highest BCUT2D eigenvalue weighted by molar-refractivity contribution is 7.07. The zero-order chi connectivity index (χ0) is 11.4. The summed E-state index contributed by atoms with van der Waals surface area (Å²) in [6.45, 7) is 4.23. The lowest BCUT2D eigenvalue weighted by Gasteiger charge is -2.41.